The zero-order valence-electron chi connectivity index (χ0n) is 10.3. The number of hydrogen-bond acceptors (Lipinski definition) is 3. The first kappa shape index (κ1) is 11.9. The van der Waals surface area contributed by atoms with Gasteiger partial charge in [-0.15, -0.1) is 11.3 Å². The quantitative estimate of drug-likeness (QED) is 0.891. The Morgan fingerprint density at radius 3 is 2.47 bits per heavy atom. The van der Waals surface area contributed by atoms with Gasteiger partial charge in [-0.05, 0) is 36.2 Å². The zero-order chi connectivity index (χ0) is 12.4. The third-order valence-corrected chi connectivity index (χ3v) is 4.00. The molecule has 0 aliphatic carbocycles. The first-order valence-corrected chi connectivity index (χ1v) is 6.36. The lowest BCUT2D eigenvalue weighted by Crippen LogP contribution is -2.08. The van der Waals surface area contributed by atoms with Crippen LogP contribution in [0.5, 0.6) is 5.75 Å². The van der Waals surface area contributed by atoms with Crippen molar-refractivity contribution >= 4 is 11.3 Å². The van der Waals surface area contributed by atoms with E-state index >= 15 is 0 Å². The number of nitrogens with one attached hydrogen (secondary N) is 1. The van der Waals surface area contributed by atoms with Crippen LogP contribution in [0, 0.1) is 5.41 Å². The molecule has 1 N–H and O–H groups in total. The highest BCUT2D eigenvalue weighted by molar-refractivity contribution is 7.09. The Balaban J connectivity index is 2.55. The molecule has 0 atom stereocenters. The summed E-state index contributed by atoms with van der Waals surface area (Å²) in [7, 11) is 3.61. The van der Waals surface area contributed by atoms with Crippen molar-refractivity contribution in [1.29, 1.82) is 5.41 Å². The number of aryl methyl sites for hydroxylation is 1. The molecule has 1 heterocycles. The number of rotatable bonds is 3. The Labute approximate surface area is 105 Å². The van der Waals surface area contributed by atoms with Crippen molar-refractivity contribution < 1.29 is 4.74 Å². The second-order valence-corrected chi connectivity index (χ2v) is 4.90. The maximum absolute atomic E-state index is 7.87. The molecule has 4 heteroatoms. The monoisotopic (exact) mass is 248 g/mol. The van der Waals surface area contributed by atoms with Crippen LogP contribution in [0.1, 0.15) is 11.8 Å². The average molecular weight is 248 g/mol. The van der Waals surface area contributed by atoms with Gasteiger partial charge in [-0.1, -0.05) is 6.92 Å². The molecule has 1 aromatic heterocycles. The van der Waals surface area contributed by atoms with E-state index in [-0.39, 0.29) is 0 Å². The molecule has 0 saturated heterocycles. The third-order valence-electron chi connectivity index (χ3n) is 2.81. The van der Waals surface area contributed by atoms with Crippen molar-refractivity contribution in [2.45, 2.75) is 13.3 Å². The summed E-state index contributed by atoms with van der Waals surface area (Å²) in [6.45, 7) is 2.12. The first-order chi connectivity index (χ1) is 8.17. The fourth-order valence-corrected chi connectivity index (χ4v) is 2.82. The van der Waals surface area contributed by atoms with Crippen molar-refractivity contribution in [2.24, 2.45) is 7.05 Å². The summed E-state index contributed by atoms with van der Waals surface area (Å²) in [6, 6.07) is 7.99. The molecule has 3 nitrogen and oxygen atoms in total. The van der Waals surface area contributed by atoms with Gasteiger partial charge in [0.25, 0.3) is 0 Å². The zero-order valence-corrected chi connectivity index (χ0v) is 11.1. The summed E-state index contributed by atoms with van der Waals surface area (Å²) < 4.78 is 7.09. The third kappa shape index (κ3) is 2.13. The van der Waals surface area contributed by atoms with Crippen LogP contribution in [0.4, 0.5) is 0 Å². The highest BCUT2D eigenvalue weighted by Gasteiger charge is 2.11. The predicted octanol–water partition coefficient (Wildman–Crippen LogP) is 2.80. The number of nitrogens with zero attached hydrogens (tertiary/aromatic N) is 1. The number of benzene rings is 1. The number of thiazole rings is 1. The minimum absolute atomic E-state index is 0.590. The smallest absolute Gasteiger partial charge is 0.182 e. The van der Waals surface area contributed by atoms with Crippen molar-refractivity contribution in [2.75, 3.05) is 7.11 Å². The lowest BCUT2D eigenvalue weighted by atomic mass is 10.1. The van der Waals surface area contributed by atoms with E-state index in [2.05, 4.69) is 6.92 Å². The van der Waals surface area contributed by atoms with Crippen molar-refractivity contribution in [3.05, 3.63) is 33.9 Å². The van der Waals surface area contributed by atoms with E-state index in [0.717, 1.165) is 23.4 Å². The van der Waals surface area contributed by atoms with Crippen LogP contribution in [0.25, 0.3) is 11.3 Å². The molecule has 90 valence electrons. The maximum Gasteiger partial charge on any atom is 0.182 e. The van der Waals surface area contributed by atoms with Gasteiger partial charge in [-0.25, -0.2) is 0 Å². The fraction of sp³-hybridized carbons (Fsp3) is 0.308. The molecule has 0 unspecified atom stereocenters. The highest BCUT2D eigenvalue weighted by atomic mass is 32.1. The maximum atomic E-state index is 7.87. The van der Waals surface area contributed by atoms with Gasteiger partial charge in [0.15, 0.2) is 4.80 Å². The summed E-state index contributed by atoms with van der Waals surface area (Å²) in [5.41, 5.74) is 2.28. The Morgan fingerprint density at radius 1 is 1.29 bits per heavy atom. The van der Waals surface area contributed by atoms with Crippen LogP contribution in [0.3, 0.4) is 0 Å². The number of hydrogen-bond donors (Lipinski definition) is 1. The van der Waals surface area contributed by atoms with E-state index < -0.39 is 0 Å². The van der Waals surface area contributed by atoms with Crippen LogP contribution in [0.2, 0.25) is 0 Å². The minimum Gasteiger partial charge on any atom is -0.497 e. The molecule has 0 bridgehead atoms. The number of ether oxygens (including phenoxy) is 1. The Hall–Kier alpha value is -1.55. The SMILES string of the molecule is CCc1sc(=N)n(C)c1-c1ccc(OC)cc1. The largest absolute Gasteiger partial charge is 0.497 e. The molecule has 2 rings (SSSR count). The molecule has 2 aromatic rings. The van der Waals surface area contributed by atoms with E-state index in [1.54, 1.807) is 18.4 Å². The van der Waals surface area contributed by atoms with Gasteiger partial charge in [-0.3, -0.25) is 5.41 Å². The van der Waals surface area contributed by atoms with Crippen molar-refractivity contribution in [3.8, 4) is 17.0 Å². The summed E-state index contributed by atoms with van der Waals surface area (Å²) >= 11 is 1.54. The first-order valence-electron chi connectivity index (χ1n) is 5.55. The molecule has 0 aliphatic heterocycles. The van der Waals surface area contributed by atoms with Gasteiger partial charge in [0, 0.05) is 11.9 Å². The molecule has 0 fully saturated rings. The minimum atomic E-state index is 0.590. The van der Waals surface area contributed by atoms with Gasteiger partial charge >= 0.3 is 0 Å². The molecule has 0 radical (unpaired) electrons. The van der Waals surface area contributed by atoms with E-state index in [1.165, 1.54) is 4.88 Å². The molecule has 0 aliphatic rings. The molecule has 0 spiro atoms. The van der Waals surface area contributed by atoms with E-state index in [0.29, 0.717) is 4.80 Å². The predicted molar refractivity (Wildman–Crippen MR) is 70.5 cm³/mol. The van der Waals surface area contributed by atoms with Crippen LogP contribution in [0.15, 0.2) is 24.3 Å². The van der Waals surface area contributed by atoms with Crippen molar-refractivity contribution in [1.82, 2.24) is 4.57 Å². The molecule has 0 saturated carbocycles. The van der Waals surface area contributed by atoms with E-state index in [4.69, 9.17) is 10.1 Å². The van der Waals surface area contributed by atoms with Crippen molar-refractivity contribution in [3.63, 3.8) is 0 Å². The normalized spacial score (nSPS) is 10.5. The van der Waals surface area contributed by atoms with Crippen LogP contribution >= 0.6 is 11.3 Å². The second kappa shape index (κ2) is 4.75. The van der Waals surface area contributed by atoms with E-state index in [9.17, 15) is 0 Å². The number of methoxy groups -OCH3 is 1. The summed E-state index contributed by atoms with van der Waals surface area (Å²) in [5.74, 6) is 0.857. The Morgan fingerprint density at radius 2 is 1.94 bits per heavy atom. The van der Waals surface area contributed by atoms with Gasteiger partial charge in [0.05, 0.1) is 12.8 Å². The molecular weight excluding hydrogens is 232 g/mol. The Kier molecular flexibility index (Phi) is 3.33. The van der Waals surface area contributed by atoms with Gasteiger partial charge in [0.1, 0.15) is 5.75 Å². The molecule has 17 heavy (non-hydrogen) atoms. The Bertz CT molecular complexity index is 566. The lowest BCUT2D eigenvalue weighted by molar-refractivity contribution is 0.415. The van der Waals surface area contributed by atoms with Crippen LogP contribution in [-0.4, -0.2) is 11.7 Å². The molecule has 1 aromatic carbocycles. The summed E-state index contributed by atoms with van der Waals surface area (Å²) in [6.07, 6.45) is 0.957. The van der Waals surface area contributed by atoms with Gasteiger partial charge in [0.2, 0.25) is 0 Å². The van der Waals surface area contributed by atoms with E-state index in [1.807, 2.05) is 35.9 Å². The molecule has 0 amide bonds. The highest BCUT2D eigenvalue weighted by Crippen LogP contribution is 2.27. The fourth-order valence-electron chi connectivity index (χ4n) is 1.87. The standard InChI is InChI=1S/C13H16N2OS/c1-4-11-12(15(2)13(14)17-11)9-5-7-10(16-3)8-6-9/h5-8,14H,4H2,1-3H3. The summed E-state index contributed by atoms with van der Waals surface area (Å²) in [4.78, 5) is 1.84. The lowest BCUT2D eigenvalue weighted by Gasteiger charge is -2.06. The van der Waals surface area contributed by atoms with Crippen LogP contribution in [-0.2, 0) is 13.5 Å². The van der Waals surface area contributed by atoms with Gasteiger partial charge < -0.3 is 9.30 Å². The van der Waals surface area contributed by atoms with Gasteiger partial charge in [-0.2, -0.15) is 0 Å². The summed E-state index contributed by atoms with van der Waals surface area (Å²) in [5, 5.41) is 7.87. The van der Waals surface area contributed by atoms with Crippen LogP contribution < -0.4 is 9.54 Å². The molecular formula is C13H16N2OS. The average Bonchev–Trinajstić information content (AvgIpc) is 2.65. The number of aromatic nitrogens is 1. The second-order valence-electron chi connectivity index (χ2n) is 3.82. The topological polar surface area (TPSA) is 38.0 Å².